The van der Waals surface area contributed by atoms with Crippen LogP contribution in [0.3, 0.4) is 0 Å². The average molecular weight is 256 g/mol. The molecule has 4 heteroatoms. The van der Waals surface area contributed by atoms with E-state index < -0.39 is 11.6 Å². The smallest absolute Gasteiger partial charge is 0.163 e. The molecule has 0 aliphatic heterocycles. The Hall–Kier alpha value is -1.00. The van der Waals surface area contributed by atoms with Crippen molar-refractivity contribution in [2.45, 2.75) is 26.3 Å². The first-order valence-corrected chi connectivity index (χ1v) is 6.31. The number of hydrogen-bond donors (Lipinski definition) is 1. The fourth-order valence-corrected chi connectivity index (χ4v) is 1.94. The van der Waals surface area contributed by atoms with Crippen LogP contribution in [0.2, 0.25) is 0 Å². The Morgan fingerprint density at radius 2 is 1.94 bits per heavy atom. The number of likely N-dealkylation sites (N-methyl/N-ethyl adjacent to an activating group) is 1. The number of halogens is 2. The van der Waals surface area contributed by atoms with Gasteiger partial charge in [0.25, 0.3) is 0 Å². The maximum absolute atomic E-state index is 13.7. The van der Waals surface area contributed by atoms with Gasteiger partial charge < -0.3 is 5.73 Å². The first kappa shape index (κ1) is 15.1. The van der Waals surface area contributed by atoms with Crippen LogP contribution in [0.1, 0.15) is 31.9 Å². The Labute approximate surface area is 108 Å². The molecule has 0 aliphatic rings. The van der Waals surface area contributed by atoms with Gasteiger partial charge >= 0.3 is 0 Å². The zero-order valence-corrected chi connectivity index (χ0v) is 11.3. The molecule has 0 saturated heterocycles. The predicted octanol–water partition coefficient (Wildman–Crippen LogP) is 2.94. The highest BCUT2D eigenvalue weighted by molar-refractivity contribution is 5.23. The van der Waals surface area contributed by atoms with Crippen LogP contribution in [-0.2, 0) is 0 Å². The molecule has 2 nitrogen and oxygen atoms in total. The third-order valence-corrected chi connectivity index (χ3v) is 3.15. The number of hydrogen-bond acceptors (Lipinski definition) is 2. The van der Waals surface area contributed by atoms with Crippen molar-refractivity contribution in [2.75, 3.05) is 20.1 Å². The van der Waals surface area contributed by atoms with Gasteiger partial charge in [0.05, 0.1) is 0 Å². The van der Waals surface area contributed by atoms with E-state index in [4.69, 9.17) is 5.73 Å². The molecule has 1 atom stereocenters. The Morgan fingerprint density at radius 1 is 1.28 bits per heavy atom. The summed E-state index contributed by atoms with van der Waals surface area (Å²) in [6, 6.07) is 3.97. The van der Waals surface area contributed by atoms with E-state index in [1.54, 1.807) is 6.07 Å². The molecular formula is C14H22F2N2. The quantitative estimate of drug-likeness (QED) is 0.848. The molecule has 102 valence electrons. The zero-order valence-electron chi connectivity index (χ0n) is 11.3. The molecule has 18 heavy (non-hydrogen) atoms. The maximum Gasteiger partial charge on any atom is 0.163 e. The lowest BCUT2D eigenvalue weighted by Crippen LogP contribution is -2.32. The van der Waals surface area contributed by atoms with E-state index in [0.29, 0.717) is 11.5 Å². The van der Waals surface area contributed by atoms with Crippen LogP contribution in [0.25, 0.3) is 0 Å². The Kier molecular flexibility index (Phi) is 5.69. The standard InChI is InChI=1S/C14H22F2N2/c1-10(2)7-8-18(3)13(9-17)11-5-4-6-12(15)14(11)16/h4-6,10,13H,7-9,17H2,1-3H3. The lowest BCUT2D eigenvalue weighted by Gasteiger charge is -2.28. The summed E-state index contributed by atoms with van der Waals surface area (Å²) in [7, 11) is 1.89. The molecule has 0 aliphatic carbocycles. The molecule has 0 spiro atoms. The second kappa shape index (κ2) is 6.81. The molecule has 0 radical (unpaired) electrons. The summed E-state index contributed by atoms with van der Waals surface area (Å²) in [6.45, 7) is 5.35. The fourth-order valence-electron chi connectivity index (χ4n) is 1.94. The van der Waals surface area contributed by atoms with Crippen molar-refractivity contribution in [3.05, 3.63) is 35.4 Å². The second-order valence-corrected chi connectivity index (χ2v) is 5.06. The first-order chi connectivity index (χ1) is 8.47. The molecule has 0 amide bonds. The van der Waals surface area contributed by atoms with E-state index in [1.807, 2.05) is 11.9 Å². The molecule has 0 saturated carbocycles. The molecule has 1 rings (SSSR count). The van der Waals surface area contributed by atoms with Crippen molar-refractivity contribution in [3.63, 3.8) is 0 Å². The molecule has 2 N–H and O–H groups in total. The molecule has 1 unspecified atom stereocenters. The van der Waals surface area contributed by atoms with Gasteiger partial charge in [-0.1, -0.05) is 26.0 Å². The van der Waals surface area contributed by atoms with Gasteiger partial charge in [0, 0.05) is 18.2 Å². The minimum absolute atomic E-state index is 0.273. The molecule has 0 heterocycles. The average Bonchev–Trinajstić information content (AvgIpc) is 2.32. The van der Waals surface area contributed by atoms with Gasteiger partial charge in [-0.15, -0.1) is 0 Å². The minimum atomic E-state index is -0.816. The van der Waals surface area contributed by atoms with Crippen molar-refractivity contribution < 1.29 is 8.78 Å². The monoisotopic (exact) mass is 256 g/mol. The van der Waals surface area contributed by atoms with Gasteiger partial charge in [-0.3, -0.25) is 4.90 Å². The number of nitrogens with two attached hydrogens (primary N) is 1. The highest BCUT2D eigenvalue weighted by atomic mass is 19.2. The number of benzene rings is 1. The van der Waals surface area contributed by atoms with Crippen LogP contribution in [0.15, 0.2) is 18.2 Å². The Balaban J connectivity index is 2.85. The minimum Gasteiger partial charge on any atom is -0.329 e. The van der Waals surface area contributed by atoms with Gasteiger partial charge in [-0.25, -0.2) is 8.78 Å². The topological polar surface area (TPSA) is 29.3 Å². The highest BCUT2D eigenvalue weighted by Crippen LogP contribution is 2.23. The van der Waals surface area contributed by atoms with Gasteiger partial charge in [0.2, 0.25) is 0 Å². The summed E-state index contributed by atoms with van der Waals surface area (Å²) in [6.07, 6.45) is 1.00. The van der Waals surface area contributed by atoms with Crippen molar-refractivity contribution >= 4 is 0 Å². The number of nitrogens with zero attached hydrogens (tertiary/aromatic N) is 1. The summed E-state index contributed by atoms with van der Waals surface area (Å²) in [5.41, 5.74) is 6.04. The van der Waals surface area contributed by atoms with Gasteiger partial charge in [0.15, 0.2) is 11.6 Å². The summed E-state index contributed by atoms with van der Waals surface area (Å²) in [4.78, 5) is 1.98. The van der Waals surface area contributed by atoms with E-state index in [-0.39, 0.29) is 12.6 Å². The maximum atomic E-state index is 13.7. The van der Waals surface area contributed by atoms with E-state index in [9.17, 15) is 8.78 Å². The third kappa shape index (κ3) is 3.75. The first-order valence-electron chi connectivity index (χ1n) is 6.31. The predicted molar refractivity (Wildman–Crippen MR) is 70.2 cm³/mol. The highest BCUT2D eigenvalue weighted by Gasteiger charge is 2.20. The van der Waals surface area contributed by atoms with E-state index in [0.717, 1.165) is 19.0 Å². The molecule has 1 aromatic carbocycles. The molecule has 0 aromatic heterocycles. The summed E-state index contributed by atoms with van der Waals surface area (Å²) in [5.74, 6) is -1.03. The Bertz CT molecular complexity index is 380. The van der Waals surface area contributed by atoms with Crippen LogP contribution in [0.5, 0.6) is 0 Å². The lowest BCUT2D eigenvalue weighted by molar-refractivity contribution is 0.230. The van der Waals surface area contributed by atoms with Gasteiger partial charge in [-0.2, -0.15) is 0 Å². The van der Waals surface area contributed by atoms with E-state index in [2.05, 4.69) is 13.8 Å². The molecular weight excluding hydrogens is 234 g/mol. The van der Waals surface area contributed by atoms with Crippen molar-refractivity contribution in [2.24, 2.45) is 11.7 Å². The summed E-state index contributed by atoms with van der Waals surface area (Å²) < 4.78 is 27.0. The lowest BCUT2D eigenvalue weighted by atomic mass is 10.0. The molecule has 0 fully saturated rings. The SMILES string of the molecule is CC(C)CCN(C)C(CN)c1cccc(F)c1F. The van der Waals surface area contributed by atoms with Gasteiger partial charge in [0.1, 0.15) is 0 Å². The normalized spacial score (nSPS) is 13.3. The third-order valence-electron chi connectivity index (χ3n) is 3.15. The van der Waals surface area contributed by atoms with Crippen LogP contribution < -0.4 is 5.73 Å². The molecule has 0 bridgehead atoms. The van der Waals surface area contributed by atoms with Crippen molar-refractivity contribution in [3.8, 4) is 0 Å². The van der Waals surface area contributed by atoms with Gasteiger partial charge in [-0.05, 0) is 32.0 Å². The van der Waals surface area contributed by atoms with Crippen LogP contribution >= 0.6 is 0 Å². The zero-order chi connectivity index (χ0) is 13.7. The largest absolute Gasteiger partial charge is 0.329 e. The number of rotatable bonds is 6. The summed E-state index contributed by atoms with van der Waals surface area (Å²) >= 11 is 0. The summed E-state index contributed by atoms with van der Waals surface area (Å²) in [5, 5.41) is 0. The second-order valence-electron chi connectivity index (χ2n) is 5.06. The fraction of sp³-hybridized carbons (Fsp3) is 0.571. The van der Waals surface area contributed by atoms with Crippen molar-refractivity contribution in [1.82, 2.24) is 4.90 Å². The van der Waals surface area contributed by atoms with Crippen LogP contribution in [0, 0.1) is 17.6 Å². The van der Waals surface area contributed by atoms with Crippen LogP contribution in [-0.4, -0.2) is 25.0 Å². The Morgan fingerprint density at radius 3 is 2.50 bits per heavy atom. The van der Waals surface area contributed by atoms with E-state index in [1.165, 1.54) is 6.07 Å². The van der Waals surface area contributed by atoms with Crippen molar-refractivity contribution in [1.29, 1.82) is 0 Å². The molecule has 1 aromatic rings. The van der Waals surface area contributed by atoms with Crippen LogP contribution in [0.4, 0.5) is 8.78 Å². The van der Waals surface area contributed by atoms with E-state index >= 15 is 0 Å².